The number of anilines is 1. The molecule has 7 heteroatoms. The van der Waals surface area contributed by atoms with Crippen LogP contribution in [0.25, 0.3) is 0 Å². The van der Waals surface area contributed by atoms with Crippen LogP contribution in [0.3, 0.4) is 0 Å². The third kappa shape index (κ3) is 2.80. The molecule has 1 spiro atoms. The number of likely N-dealkylation sites (tertiary alicyclic amines) is 1. The standard InChI is InChI=1S/C17H20F2N4S/c18-17(19)4-7-22(11-14-2-1-9-24-14)12-16(17)3-8-23(13-16)15-10-20-5-6-21-15/h1-2,5-6,9-10H,3-4,7-8,11-13H2/t16-/m0/s1. The number of halogens is 2. The summed E-state index contributed by atoms with van der Waals surface area (Å²) < 4.78 is 29.6. The van der Waals surface area contributed by atoms with E-state index in [2.05, 4.69) is 20.9 Å². The molecule has 0 amide bonds. The third-order valence-electron chi connectivity index (χ3n) is 5.23. The highest BCUT2D eigenvalue weighted by Crippen LogP contribution is 2.50. The quantitative estimate of drug-likeness (QED) is 0.850. The van der Waals surface area contributed by atoms with Gasteiger partial charge in [0.1, 0.15) is 5.82 Å². The number of aromatic nitrogens is 2. The van der Waals surface area contributed by atoms with Crippen molar-refractivity contribution < 1.29 is 8.78 Å². The molecule has 2 aromatic heterocycles. The molecule has 0 aromatic carbocycles. The van der Waals surface area contributed by atoms with Gasteiger partial charge in [0.15, 0.2) is 0 Å². The van der Waals surface area contributed by atoms with E-state index in [0.717, 1.165) is 6.54 Å². The minimum Gasteiger partial charge on any atom is -0.354 e. The topological polar surface area (TPSA) is 32.3 Å². The fourth-order valence-corrected chi connectivity index (χ4v) is 4.64. The molecule has 2 aliphatic heterocycles. The van der Waals surface area contributed by atoms with Crippen LogP contribution in [0.5, 0.6) is 0 Å². The molecule has 128 valence electrons. The molecule has 2 aromatic rings. The van der Waals surface area contributed by atoms with E-state index in [-0.39, 0.29) is 6.42 Å². The summed E-state index contributed by atoms with van der Waals surface area (Å²) in [6.45, 7) is 2.62. The van der Waals surface area contributed by atoms with Gasteiger partial charge in [0, 0.05) is 56.4 Å². The fourth-order valence-electron chi connectivity index (χ4n) is 3.89. The maximum Gasteiger partial charge on any atom is 0.257 e. The first kappa shape index (κ1) is 15.9. The SMILES string of the molecule is FC1(F)CCN(Cc2cccs2)C[C@]12CCN(c1cnccn1)C2. The molecule has 0 N–H and O–H groups in total. The molecule has 2 saturated heterocycles. The molecule has 0 radical (unpaired) electrons. The molecule has 2 fully saturated rings. The van der Waals surface area contributed by atoms with Gasteiger partial charge in [-0.25, -0.2) is 13.8 Å². The van der Waals surface area contributed by atoms with Crippen molar-refractivity contribution in [3.05, 3.63) is 41.0 Å². The highest BCUT2D eigenvalue weighted by Gasteiger charge is 2.59. The number of hydrogen-bond acceptors (Lipinski definition) is 5. The summed E-state index contributed by atoms with van der Waals surface area (Å²) in [6.07, 6.45) is 5.31. The molecule has 0 unspecified atom stereocenters. The van der Waals surface area contributed by atoms with Gasteiger partial charge in [-0.1, -0.05) is 6.07 Å². The second-order valence-corrected chi connectivity index (χ2v) is 7.79. The first-order valence-electron chi connectivity index (χ1n) is 8.22. The van der Waals surface area contributed by atoms with E-state index in [1.165, 1.54) is 4.88 Å². The lowest BCUT2D eigenvalue weighted by atomic mass is 9.75. The first-order chi connectivity index (χ1) is 11.6. The Morgan fingerprint density at radius 3 is 2.83 bits per heavy atom. The normalized spacial score (nSPS) is 27.0. The van der Waals surface area contributed by atoms with Gasteiger partial charge in [-0.05, 0) is 17.9 Å². The molecule has 0 bridgehead atoms. The van der Waals surface area contributed by atoms with Gasteiger partial charge in [0.05, 0.1) is 11.6 Å². The summed E-state index contributed by atoms with van der Waals surface area (Å²) >= 11 is 1.69. The monoisotopic (exact) mass is 350 g/mol. The smallest absolute Gasteiger partial charge is 0.257 e. The molecule has 4 rings (SSSR count). The number of hydrogen-bond donors (Lipinski definition) is 0. The van der Waals surface area contributed by atoms with E-state index in [1.54, 1.807) is 29.9 Å². The lowest BCUT2D eigenvalue weighted by Gasteiger charge is -2.45. The largest absolute Gasteiger partial charge is 0.354 e. The minimum atomic E-state index is -2.63. The van der Waals surface area contributed by atoms with E-state index in [0.29, 0.717) is 38.4 Å². The maximum atomic E-state index is 14.8. The molecule has 24 heavy (non-hydrogen) atoms. The maximum absolute atomic E-state index is 14.8. The molecular formula is C17H20F2N4S. The Morgan fingerprint density at radius 1 is 1.17 bits per heavy atom. The van der Waals surface area contributed by atoms with Crippen molar-refractivity contribution in [2.75, 3.05) is 31.1 Å². The van der Waals surface area contributed by atoms with Gasteiger partial charge in [0.2, 0.25) is 0 Å². The minimum absolute atomic E-state index is 0.0628. The number of piperidine rings is 1. The van der Waals surface area contributed by atoms with Crippen molar-refractivity contribution in [2.24, 2.45) is 5.41 Å². The summed E-state index contributed by atoms with van der Waals surface area (Å²) in [7, 11) is 0. The van der Waals surface area contributed by atoms with Gasteiger partial charge in [-0.3, -0.25) is 9.88 Å². The highest BCUT2D eigenvalue weighted by molar-refractivity contribution is 7.09. The van der Waals surface area contributed by atoms with Crippen LogP contribution in [0, 0.1) is 5.41 Å². The Hall–Kier alpha value is -1.60. The van der Waals surface area contributed by atoms with Crippen molar-refractivity contribution in [1.29, 1.82) is 0 Å². The molecule has 4 nitrogen and oxygen atoms in total. The molecule has 0 saturated carbocycles. The molecule has 0 aliphatic carbocycles. The molecule has 4 heterocycles. The van der Waals surface area contributed by atoms with E-state index in [1.807, 2.05) is 16.3 Å². The summed E-state index contributed by atoms with van der Waals surface area (Å²) in [5, 5.41) is 2.04. The Balaban J connectivity index is 1.53. The summed E-state index contributed by atoms with van der Waals surface area (Å²) in [5.41, 5.74) is -0.986. The predicted octanol–water partition coefficient (Wildman–Crippen LogP) is 3.28. The van der Waals surface area contributed by atoms with E-state index < -0.39 is 11.3 Å². The zero-order valence-electron chi connectivity index (χ0n) is 13.4. The van der Waals surface area contributed by atoms with Gasteiger partial charge < -0.3 is 4.90 Å². The molecule has 1 atom stereocenters. The summed E-state index contributed by atoms with van der Waals surface area (Å²) in [6, 6.07) is 4.09. The van der Waals surface area contributed by atoms with Crippen LogP contribution in [0.4, 0.5) is 14.6 Å². The third-order valence-corrected chi connectivity index (χ3v) is 6.09. The average Bonchev–Trinajstić information content (AvgIpc) is 3.23. The Labute approximate surface area is 144 Å². The number of rotatable bonds is 3. The Kier molecular flexibility index (Phi) is 4.00. The second-order valence-electron chi connectivity index (χ2n) is 6.76. The zero-order valence-corrected chi connectivity index (χ0v) is 14.2. The average molecular weight is 350 g/mol. The van der Waals surface area contributed by atoms with Crippen molar-refractivity contribution >= 4 is 17.2 Å². The first-order valence-corrected chi connectivity index (χ1v) is 9.10. The molecule has 2 aliphatic rings. The summed E-state index contributed by atoms with van der Waals surface area (Å²) in [5.74, 6) is -1.93. The van der Waals surface area contributed by atoms with E-state index in [4.69, 9.17) is 0 Å². The van der Waals surface area contributed by atoms with E-state index in [9.17, 15) is 8.78 Å². The van der Waals surface area contributed by atoms with Crippen LogP contribution in [0.2, 0.25) is 0 Å². The van der Waals surface area contributed by atoms with Gasteiger partial charge in [-0.15, -0.1) is 11.3 Å². The van der Waals surface area contributed by atoms with Crippen LogP contribution >= 0.6 is 11.3 Å². The van der Waals surface area contributed by atoms with Crippen molar-refractivity contribution in [3.63, 3.8) is 0 Å². The van der Waals surface area contributed by atoms with Gasteiger partial charge >= 0.3 is 0 Å². The predicted molar refractivity (Wildman–Crippen MR) is 90.5 cm³/mol. The van der Waals surface area contributed by atoms with Gasteiger partial charge in [-0.2, -0.15) is 0 Å². The zero-order chi connectivity index (χ0) is 16.6. The second kappa shape index (κ2) is 6.04. The highest BCUT2D eigenvalue weighted by atomic mass is 32.1. The van der Waals surface area contributed by atoms with Crippen molar-refractivity contribution in [3.8, 4) is 0 Å². The number of thiophene rings is 1. The van der Waals surface area contributed by atoms with Crippen molar-refractivity contribution in [2.45, 2.75) is 25.3 Å². The van der Waals surface area contributed by atoms with E-state index >= 15 is 0 Å². The Bertz CT molecular complexity index is 679. The van der Waals surface area contributed by atoms with Crippen LogP contribution < -0.4 is 4.90 Å². The lowest BCUT2D eigenvalue weighted by molar-refractivity contribution is -0.158. The van der Waals surface area contributed by atoms with Crippen LogP contribution in [-0.4, -0.2) is 47.0 Å². The van der Waals surface area contributed by atoms with Crippen molar-refractivity contribution in [1.82, 2.24) is 14.9 Å². The number of alkyl halides is 2. The van der Waals surface area contributed by atoms with Gasteiger partial charge in [0.25, 0.3) is 5.92 Å². The summed E-state index contributed by atoms with van der Waals surface area (Å²) in [4.78, 5) is 13.7. The number of nitrogens with zero attached hydrogens (tertiary/aromatic N) is 4. The van der Waals surface area contributed by atoms with Crippen LogP contribution in [0.1, 0.15) is 17.7 Å². The van der Waals surface area contributed by atoms with Crippen LogP contribution in [0.15, 0.2) is 36.1 Å². The Morgan fingerprint density at radius 2 is 2.08 bits per heavy atom. The lowest BCUT2D eigenvalue weighted by Crippen LogP contribution is -2.56. The molecular weight excluding hydrogens is 330 g/mol. The van der Waals surface area contributed by atoms with Crippen LogP contribution in [-0.2, 0) is 6.54 Å². The fraction of sp³-hybridized carbons (Fsp3) is 0.529.